The molecule has 2 amide bonds. The van der Waals surface area contributed by atoms with Gasteiger partial charge < -0.3 is 19.9 Å². The molecule has 0 aliphatic heterocycles. The van der Waals surface area contributed by atoms with E-state index in [1.165, 1.54) is 23.9 Å². The lowest BCUT2D eigenvalue weighted by molar-refractivity contribution is -0.116. The first-order valence-electron chi connectivity index (χ1n) is 9.36. The highest BCUT2D eigenvalue weighted by Gasteiger charge is 2.15. The Bertz CT molecular complexity index is 1090. The molecular formula is C21H22FN5O3S. The van der Waals surface area contributed by atoms with Crippen molar-refractivity contribution >= 4 is 35.0 Å². The Labute approximate surface area is 183 Å². The second-order valence-corrected chi connectivity index (χ2v) is 7.65. The van der Waals surface area contributed by atoms with Crippen molar-refractivity contribution in [2.24, 2.45) is 7.05 Å². The summed E-state index contributed by atoms with van der Waals surface area (Å²) in [5, 5.41) is 14.1. The first-order valence-corrected chi connectivity index (χ1v) is 10.3. The lowest BCUT2D eigenvalue weighted by atomic mass is 10.2. The van der Waals surface area contributed by atoms with Crippen LogP contribution in [0.15, 0.2) is 47.6 Å². The minimum atomic E-state index is -0.417. The van der Waals surface area contributed by atoms with Crippen LogP contribution in [0.3, 0.4) is 0 Å². The number of aryl methyl sites for hydroxylation is 1. The van der Waals surface area contributed by atoms with Crippen molar-refractivity contribution in [2.45, 2.75) is 18.5 Å². The van der Waals surface area contributed by atoms with E-state index >= 15 is 0 Å². The summed E-state index contributed by atoms with van der Waals surface area (Å²) < 4.78 is 20.1. The summed E-state index contributed by atoms with van der Waals surface area (Å²) in [5.74, 6) is 0.288. The van der Waals surface area contributed by atoms with Crippen LogP contribution in [0.5, 0.6) is 5.75 Å². The number of hydrogen-bond donors (Lipinski definition) is 2. The van der Waals surface area contributed by atoms with Gasteiger partial charge in [0.2, 0.25) is 11.8 Å². The number of carbonyl (C=O) groups is 2. The molecule has 3 aromatic rings. The fourth-order valence-electron chi connectivity index (χ4n) is 2.69. The van der Waals surface area contributed by atoms with E-state index in [9.17, 15) is 14.0 Å². The molecule has 0 saturated heterocycles. The molecule has 31 heavy (non-hydrogen) atoms. The van der Waals surface area contributed by atoms with Crippen molar-refractivity contribution in [3.63, 3.8) is 0 Å². The zero-order valence-electron chi connectivity index (χ0n) is 17.3. The molecule has 0 aliphatic carbocycles. The zero-order valence-corrected chi connectivity index (χ0v) is 18.1. The van der Waals surface area contributed by atoms with E-state index in [0.29, 0.717) is 28.1 Å². The van der Waals surface area contributed by atoms with Gasteiger partial charge >= 0.3 is 0 Å². The van der Waals surface area contributed by atoms with E-state index in [-0.39, 0.29) is 24.0 Å². The zero-order chi connectivity index (χ0) is 22.4. The highest BCUT2D eigenvalue weighted by Crippen LogP contribution is 2.20. The maximum Gasteiger partial charge on any atom is 0.234 e. The summed E-state index contributed by atoms with van der Waals surface area (Å²) >= 11 is 1.18. The number of aromatic nitrogens is 3. The van der Waals surface area contributed by atoms with Crippen LogP contribution < -0.4 is 15.4 Å². The number of ether oxygens (including phenoxy) is 1. The van der Waals surface area contributed by atoms with E-state index in [2.05, 4.69) is 20.8 Å². The summed E-state index contributed by atoms with van der Waals surface area (Å²) in [6, 6.07) is 11.2. The van der Waals surface area contributed by atoms with Gasteiger partial charge in [0.15, 0.2) is 5.16 Å². The van der Waals surface area contributed by atoms with Crippen molar-refractivity contribution in [3.05, 3.63) is 59.7 Å². The molecule has 1 heterocycles. The lowest BCUT2D eigenvalue weighted by Gasteiger charge is -2.08. The average Bonchev–Trinajstić information content (AvgIpc) is 3.09. The van der Waals surface area contributed by atoms with Crippen LogP contribution >= 0.6 is 11.8 Å². The molecule has 0 unspecified atom stereocenters. The van der Waals surface area contributed by atoms with E-state index in [1.807, 2.05) is 0 Å². The summed E-state index contributed by atoms with van der Waals surface area (Å²) in [4.78, 5) is 24.5. The Morgan fingerprint density at radius 2 is 1.84 bits per heavy atom. The molecule has 0 spiro atoms. The molecule has 0 saturated carbocycles. The molecular weight excluding hydrogens is 421 g/mol. The quantitative estimate of drug-likeness (QED) is 0.519. The molecule has 0 fully saturated rings. The van der Waals surface area contributed by atoms with Crippen LogP contribution in [0, 0.1) is 12.7 Å². The highest BCUT2D eigenvalue weighted by atomic mass is 32.2. The average molecular weight is 444 g/mol. The predicted molar refractivity (Wildman–Crippen MR) is 117 cm³/mol. The summed E-state index contributed by atoms with van der Waals surface area (Å²) in [6.07, 6.45) is 0.0325. The highest BCUT2D eigenvalue weighted by molar-refractivity contribution is 7.99. The number of nitrogens with zero attached hydrogens (tertiary/aromatic N) is 3. The summed E-state index contributed by atoms with van der Waals surface area (Å²) in [5.41, 5.74) is 1.84. The molecule has 0 atom stereocenters. The van der Waals surface area contributed by atoms with Crippen LogP contribution in [0.25, 0.3) is 0 Å². The fraction of sp³-hybridized carbons (Fsp3) is 0.238. The maximum absolute atomic E-state index is 13.4. The molecule has 2 N–H and O–H groups in total. The smallest absolute Gasteiger partial charge is 0.234 e. The fourth-order valence-corrected chi connectivity index (χ4v) is 3.42. The third kappa shape index (κ3) is 6.05. The van der Waals surface area contributed by atoms with E-state index < -0.39 is 5.82 Å². The normalized spacial score (nSPS) is 10.6. The second-order valence-electron chi connectivity index (χ2n) is 6.71. The van der Waals surface area contributed by atoms with Crippen molar-refractivity contribution in [2.75, 3.05) is 23.5 Å². The van der Waals surface area contributed by atoms with Crippen LogP contribution in [0.1, 0.15) is 11.4 Å². The van der Waals surface area contributed by atoms with Gasteiger partial charge in [-0.2, -0.15) is 0 Å². The van der Waals surface area contributed by atoms with Gasteiger partial charge in [0.25, 0.3) is 0 Å². The molecule has 0 aliphatic rings. The van der Waals surface area contributed by atoms with Crippen LogP contribution in [-0.2, 0) is 23.1 Å². The maximum atomic E-state index is 13.4. The van der Waals surface area contributed by atoms with Crippen molar-refractivity contribution in [1.82, 2.24) is 14.8 Å². The number of halogens is 1. The van der Waals surface area contributed by atoms with Gasteiger partial charge in [-0.25, -0.2) is 4.39 Å². The standard InChI is InChI=1S/C21H22FN5O3S/c1-13-4-5-14(22)10-17(13)24-20(29)12-31-21-26-25-18(27(21)2)11-19(28)23-15-6-8-16(30-3)9-7-15/h4-10H,11-12H2,1-3H3,(H,23,28)(H,24,29). The third-order valence-corrected chi connectivity index (χ3v) is 5.44. The number of nitrogens with one attached hydrogen (secondary N) is 2. The molecule has 162 valence electrons. The number of hydrogen-bond acceptors (Lipinski definition) is 6. The Morgan fingerprint density at radius 1 is 1.10 bits per heavy atom. The van der Waals surface area contributed by atoms with Gasteiger partial charge in [0, 0.05) is 18.4 Å². The first kappa shape index (κ1) is 22.3. The third-order valence-electron chi connectivity index (χ3n) is 4.42. The molecule has 0 bridgehead atoms. The second kappa shape index (κ2) is 10.1. The molecule has 1 aromatic heterocycles. The van der Waals surface area contributed by atoms with Gasteiger partial charge in [-0.3, -0.25) is 9.59 Å². The molecule has 0 radical (unpaired) electrons. The van der Waals surface area contributed by atoms with E-state index in [1.54, 1.807) is 56.0 Å². The number of anilines is 2. The number of amides is 2. The molecule has 8 nitrogen and oxygen atoms in total. The Balaban J connectivity index is 1.53. The van der Waals surface area contributed by atoms with Crippen LogP contribution in [-0.4, -0.2) is 39.4 Å². The molecule has 2 aromatic carbocycles. The van der Waals surface area contributed by atoms with Crippen molar-refractivity contribution in [1.29, 1.82) is 0 Å². The molecule has 10 heteroatoms. The van der Waals surface area contributed by atoms with E-state index in [4.69, 9.17) is 4.74 Å². The first-order chi connectivity index (χ1) is 14.9. The summed E-state index contributed by atoms with van der Waals surface area (Å²) in [7, 11) is 3.30. The Hall–Kier alpha value is -3.40. The van der Waals surface area contributed by atoms with Crippen LogP contribution in [0.2, 0.25) is 0 Å². The largest absolute Gasteiger partial charge is 0.497 e. The van der Waals surface area contributed by atoms with E-state index in [0.717, 1.165) is 5.56 Å². The van der Waals surface area contributed by atoms with Gasteiger partial charge in [0.05, 0.1) is 19.3 Å². The summed E-state index contributed by atoms with van der Waals surface area (Å²) in [6.45, 7) is 1.79. The SMILES string of the molecule is COc1ccc(NC(=O)Cc2nnc(SCC(=O)Nc3cc(F)ccc3C)n2C)cc1. The number of benzene rings is 2. The number of rotatable bonds is 8. The van der Waals surface area contributed by atoms with Gasteiger partial charge in [0.1, 0.15) is 17.4 Å². The lowest BCUT2D eigenvalue weighted by Crippen LogP contribution is -2.17. The number of carbonyl (C=O) groups excluding carboxylic acids is 2. The van der Waals surface area contributed by atoms with Crippen molar-refractivity contribution in [3.8, 4) is 5.75 Å². The monoisotopic (exact) mass is 443 g/mol. The minimum Gasteiger partial charge on any atom is -0.497 e. The topological polar surface area (TPSA) is 98.1 Å². The van der Waals surface area contributed by atoms with Gasteiger partial charge in [-0.1, -0.05) is 17.8 Å². The van der Waals surface area contributed by atoms with Gasteiger partial charge in [-0.15, -0.1) is 10.2 Å². The van der Waals surface area contributed by atoms with Gasteiger partial charge in [-0.05, 0) is 48.9 Å². The Kier molecular flexibility index (Phi) is 7.24. The number of methoxy groups -OCH3 is 1. The Morgan fingerprint density at radius 3 is 2.55 bits per heavy atom. The number of thioether (sulfide) groups is 1. The van der Waals surface area contributed by atoms with Crippen molar-refractivity contribution < 1.29 is 18.7 Å². The van der Waals surface area contributed by atoms with Crippen LogP contribution in [0.4, 0.5) is 15.8 Å². The molecule has 3 rings (SSSR count). The minimum absolute atomic E-state index is 0.0325. The predicted octanol–water partition coefficient (Wildman–Crippen LogP) is 3.18.